The number of nitrogens with two attached hydrogens (primary N) is 3. The standard InChI is InChI=1S/C39H68N9O14PS/c1-24(2)16-30(45-39(56)32-6-4-11-48(32)35(52)7-12-60-14-15-61-13-9-44-38(55)29(41)22-64)33(50)18-26(17-27-20-43-23-47(27)10-5-8-40)37(54)46-31(21-49)34(51)19-28(36(42)53)25(3)62-63(57,58)59/h20,23-26,28-32,49,64H,4-19,21-22,40-41H2,1-3H3,(H2,42,53)(H,44,55)(H,45,56)(H,46,54)(H2,57,58,59)/t25-,26-,28+,29+,30+,31+,32+/m1/s1. The lowest BCUT2D eigenvalue weighted by molar-refractivity contribution is -0.140. The van der Waals surface area contributed by atoms with Crippen LogP contribution in [0, 0.1) is 17.8 Å². The van der Waals surface area contributed by atoms with E-state index in [1.54, 1.807) is 10.9 Å². The van der Waals surface area contributed by atoms with Gasteiger partial charge in [0, 0.05) is 56.5 Å². The molecule has 12 N–H and O–H groups in total. The van der Waals surface area contributed by atoms with Gasteiger partial charge in [0.2, 0.25) is 29.5 Å². The van der Waals surface area contributed by atoms with Crippen molar-refractivity contribution in [3.63, 3.8) is 0 Å². The van der Waals surface area contributed by atoms with Crippen LogP contribution in [0.5, 0.6) is 0 Å². The molecule has 25 heteroatoms. The van der Waals surface area contributed by atoms with Crippen LogP contribution < -0.4 is 33.2 Å². The van der Waals surface area contributed by atoms with Crippen LogP contribution in [0.4, 0.5) is 0 Å². The summed E-state index contributed by atoms with van der Waals surface area (Å²) in [5.41, 5.74) is 17.3. The van der Waals surface area contributed by atoms with Crippen molar-refractivity contribution in [2.75, 3.05) is 58.4 Å². The molecular weight excluding hydrogens is 882 g/mol. The number of likely N-dealkylation sites (tertiary alicyclic amines) is 1. The first-order valence-electron chi connectivity index (χ1n) is 21.3. The number of nitrogens with zero attached hydrogens (tertiary/aromatic N) is 3. The number of hydrogen-bond acceptors (Lipinski definition) is 16. The average Bonchev–Trinajstić information content (AvgIpc) is 3.91. The number of nitrogens with one attached hydrogen (secondary N) is 3. The Labute approximate surface area is 378 Å². The van der Waals surface area contributed by atoms with Gasteiger partial charge in [-0.1, -0.05) is 13.8 Å². The fourth-order valence-corrected chi connectivity index (χ4v) is 7.72. The lowest BCUT2D eigenvalue weighted by Crippen LogP contribution is -2.52. The number of carbonyl (C=O) groups is 7. The third kappa shape index (κ3) is 20.1. The van der Waals surface area contributed by atoms with Crippen LogP contribution in [0.1, 0.15) is 71.4 Å². The number of ketones is 2. The van der Waals surface area contributed by atoms with Gasteiger partial charge in [0.1, 0.15) is 12.1 Å². The lowest BCUT2D eigenvalue weighted by atomic mass is 9.89. The summed E-state index contributed by atoms with van der Waals surface area (Å²) < 4.78 is 28.7. The highest BCUT2D eigenvalue weighted by atomic mass is 32.1. The minimum atomic E-state index is -5.08. The van der Waals surface area contributed by atoms with E-state index in [1.165, 1.54) is 11.1 Å². The van der Waals surface area contributed by atoms with Gasteiger partial charge in [-0.2, -0.15) is 12.6 Å². The summed E-state index contributed by atoms with van der Waals surface area (Å²) in [7, 11) is -5.08. The molecule has 1 saturated heterocycles. The third-order valence-corrected chi connectivity index (χ3v) is 11.4. The summed E-state index contributed by atoms with van der Waals surface area (Å²) in [4.78, 5) is 116. The van der Waals surface area contributed by atoms with Gasteiger partial charge in [-0.3, -0.25) is 38.1 Å². The molecule has 64 heavy (non-hydrogen) atoms. The molecule has 0 aliphatic carbocycles. The number of Topliss-reactive ketones (excluding diaryl/α,β-unsaturated/α-hetero) is 2. The number of aliphatic hydroxyl groups excluding tert-OH is 1. The molecule has 1 fully saturated rings. The van der Waals surface area contributed by atoms with Crippen LogP contribution >= 0.6 is 20.5 Å². The van der Waals surface area contributed by atoms with E-state index in [-0.39, 0.29) is 75.7 Å². The summed E-state index contributed by atoms with van der Waals surface area (Å²) in [5.74, 6) is -7.10. The van der Waals surface area contributed by atoms with Crippen LogP contribution in [0.25, 0.3) is 0 Å². The molecule has 1 aliphatic heterocycles. The molecule has 1 aromatic rings. The summed E-state index contributed by atoms with van der Waals surface area (Å²) in [6, 6.07) is -4.24. The molecule has 1 aromatic heterocycles. The molecule has 2 heterocycles. The summed E-state index contributed by atoms with van der Waals surface area (Å²) in [5, 5.41) is 18.1. The number of primary amides is 1. The number of rotatable bonds is 33. The number of thiol groups is 1. The van der Waals surface area contributed by atoms with Crippen LogP contribution in [-0.2, 0) is 65.1 Å². The third-order valence-electron chi connectivity index (χ3n) is 10.4. The Morgan fingerprint density at radius 2 is 1.66 bits per heavy atom. The number of aryl methyl sites for hydroxylation is 1. The maximum Gasteiger partial charge on any atom is 0.469 e. The van der Waals surface area contributed by atoms with Crippen LogP contribution in [-0.4, -0.2) is 159 Å². The monoisotopic (exact) mass is 949 g/mol. The fourth-order valence-electron chi connectivity index (χ4n) is 6.97. The number of aliphatic hydroxyl groups is 1. The highest BCUT2D eigenvalue weighted by Crippen LogP contribution is 2.39. The first-order chi connectivity index (χ1) is 30.2. The zero-order valence-corrected chi connectivity index (χ0v) is 38.6. The number of hydrogen-bond donors (Lipinski definition) is 10. The quantitative estimate of drug-likeness (QED) is 0.0201. The molecule has 5 amide bonds. The molecular formula is C39H68N9O14PS. The molecule has 0 aromatic carbocycles. The molecule has 1 aliphatic rings. The molecule has 7 atom stereocenters. The number of phosphoric acid groups is 1. The number of phosphoric ester groups is 1. The smallest absolute Gasteiger partial charge is 0.394 e. The van der Waals surface area contributed by atoms with Crippen molar-refractivity contribution in [3.8, 4) is 0 Å². The van der Waals surface area contributed by atoms with Crippen molar-refractivity contribution in [2.45, 2.75) is 109 Å². The van der Waals surface area contributed by atoms with E-state index in [0.29, 0.717) is 44.6 Å². The minimum Gasteiger partial charge on any atom is -0.394 e. The van der Waals surface area contributed by atoms with E-state index < -0.39 is 98.7 Å². The van der Waals surface area contributed by atoms with Crippen LogP contribution in [0.2, 0.25) is 0 Å². The fraction of sp³-hybridized carbons (Fsp3) is 0.744. The molecule has 0 unspecified atom stereocenters. The average molecular weight is 950 g/mol. The zero-order chi connectivity index (χ0) is 48.0. The Kier molecular flexibility index (Phi) is 25.5. The number of ether oxygens (including phenoxy) is 2. The normalized spacial score (nSPS) is 17.0. The van der Waals surface area contributed by atoms with Crippen LogP contribution in [0.3, 0.4) is 0 Å². The number of amides is 5. The molecule has 0 radical (unpaired) electrons. The Hall–Kier alpha value is -3.84. The predicted octanol–water partition coefficient (Wildman–Crippen LogP) is -2.30. The Morgan fingerprint density at radius 3 is 2.27 bits per heavy atom. The second kappa shape index (κ2) is 28.9. The topological polar surface area (TPSA) is 360 Å². The number of carbonyl (C=O) groups excluding carboxylic acids is 7. The molecule has 0 saturated carbocycles. The van der Waals surface area contributed by atoms with Gasteiger partial charge in [-0.15, -0.1) is 0 Å². The highest BCUT2D eigenvalue weighted by molar-refractivity contribution is 7.80. The molecule has 2 rings (SSSR count). The largest absolute Gasteiger partial charge is 0.469 e. The maximum absolute atomic E-state index is 14.2. The van der Waals surface area contributed by atoms with Crippen molar-refractivity contribution >= 4 is 61.6 Å². The Morgan fingerprint density at radius 1 is 0.984 bits per heavy atom. The molecule has 0 bridgehead atoms. The van der Waals surface area contributed by atoms with Gasteiger partial charge >= 0.3 is 7.82 Å². The number of aromatic nitrogens is 2. The molecule has 0 spiro atoms. The van der Waals surface area contributed by atoms with Crippen molar-refractivity contribution in [2.24, 2.45) is 35.0 Å². The van der Waals surface area contributed by atoms with Gasteiger partial charge in [0.15, 0.2) is 11.6 Å². The second-order valence-electron chi connectivity index (χ2n) is 16.0. The lowest BCUT2D eigenvalue weighted by Gasteiger charge is -2.28. The first-order valence-corrected chi connectivity index (χ1v) is 23.5. The molecule has 364 valence electrons. The van der Waals surface area contributed by atoms with E-state index in [9.17, 15) is 53.0 Å². The number of imidazole rings is 1. The Balaban J connectivity index is 2.16. The van der Waals surface area contributed by atoms with E-state index in [4.69, 9.17) is 26.7 Å². The first kappa shape index (κ1) is 56.3. The summed E-state index contributed by atoms with van der Waals surface area (Å²) >= 11 is 3.98. The SMILES string of the molecule is CC(C)C[C@H](NC(=O)[C@@H]1CCCN1C(=O)CCOCCOCCNC(=O)[C@@H](N)CS)C(=O)C[C@@H](Cc1cncn1CCCN)C(=O)N[C@@H](CO)C(=O)C[C@H](C(N)=O)[C@@H](C)OP(=O)(O)O. The van der Waals surface area contributed by atoms with E-state index >= 15 is 0 Å². The zero-order valence-electron chi connectivity index (χ0n) is 36.8. The van der Waals surface area contributed by atoms with E-state index in [0.717, 1.165) is 6.92 Å². The minimum absolute atomic E-state index is 0.00477. The predicted molar refractivity (Wildman–Crippen MR) is 234 cm³/mol. The summed E-state index contributed by atoms with van der Waals surface area (Å²) in [6.07, 6.45) is 1.99. The summed E-state index contributed by atoms with van der Waals surface area (Å²) in [6.45, 7) is 6.03. The van der Waals surface area contributed by atoms with Gasteiger partial charge < -0.3 is 67.0 Å². The maximum atomic E-state index is 14.2. The van der Waals surface area contributed by atoms with Crippen molar-refractivity contribution in [1.82, 2.24) is 30.4 Å². The second-order valence-corrected chi connectivity index (χ2v) is 17.6. The van der Waals surface area contributed by atoms with Gasteiger partial charge in [-0.05, 0) is 45.1 Å². The molecule has 23 nitrogen and oxygen atoms in total. The van der Waals surface area contributed by atoms with E-state index in [2.05, 4.69) is 38.1 Å². The van der Waals surface area contributed by atoms with Crippen LogP contribution in [0.15, 0.2) is 12.5 Å². The van der Waals surface area contributed by atoms with Gasteiger partial charge in [0.25, 0.3) is 0 Å². The highest BCUT2D eigenvalue weighted by Gasteiger charge is 2.38. The van der Waals surface area contributed by atoms with Gasteiger partial charge in [0.05, 0.1) is 75.8 Å². The van der Waals surface area contributed by atoms with Crippen molar-refractivity contribution in [1.29, 1.82) is 0 Å². The van der Waals surface area contributed by atoms with Crippen molar-refractivity contribution < 1.29 is 67.0 Å². The van der Waals surface area contributed by atoms with E-state index in [1.807, 2.05) is 13.8 Å². The Bertz CT molecular complexity index is 1730. The van der Waals surface area contributed by atoms with Gasteiger partial charge in [-0.25, -0.2) is 9.55 Å². The van der Waals surface area contributed by atoms with Crippen molar-refractivity contribution in [3.05, 3.63) is 18.2 Å².